The van der Waals surface area contributed by atoms with Crippen molar-refractivity contribution in [3.05, 3.63) is 29.8 Å². The van der Waals surface area contributed by atoms with Crippen molar-refractivity contribution in [2.24, 2.45) is 0 Å². The van der Waals surface area contributed by atoms with Crippen LogP contribution in [0.15, 0.2) is 24.3 Å². The van der Waals surface area contributed by atoms with Crippen LogP contribution in [0.4, 0.5) is 0 Å². The average Bonchev–Trinajstić information content (AvgIpc) is 3.03. The number of carbonyl (C=O) groups is 2. The van der Waals surface area contributed by atoms with Gasteiger partial charge in [0, 0.05) is 25.8 Å². The third-order valence-electron chi connectivity index (χ3n) is 6.04. The first-order valence-corrected chi connectivity index (χ1v) is 11.0. The lowest BCUT2D eigenvalue weighted by Gasteiger charge is -2.43. The summed E-state index contributed by atoms with van der Waals surface area (Å²) in [4.78, 5) is 30.3. The van der Waals surface area contributed by atoms with E-state index in [1.54, 1.807) is 12.0 Å². The molecule has 29 heavy (non-hydrogen) atoms. The summed E-state index contributed by atoms with van der Waals surface area (Å²) >= 11 is 0. The quantitative estimate of drug-likeness (QED) is 0.493. The van der Waals surface area contributed by atoms with Gasteiger partial charge in [-0.25, -0.2) is 0 Å². The zero-order valence-corrected chi connectivity index (χ0v) is 17.8. The molecule has 1 aromatic carbocycles. The Morgan fingerprint density at radius 2 is 1.72 bits per heavy atom. The Morgan fingerprint density at radius 3 is 2.34 bits per heavy atom. The van der Waals surface area contributed by atoms with Gasteiger partial charge in [-0.3, -0.25) is 9.59 Å². The van der Waals surface area contributed by atoms with E-state index >= 15 is 0 Å². The van der Waals surface area contributed by atoms with E-state index in [1.807, 2.05) is 36.1 Å². The molecule has 1 aliphatic heterocycles. The Balaban J connectivity index is 1.84. The molecule has 0 bridgehead atoms. The zero-order chi connectivity index (χ0) is 20.6. The van der Waals surface area contributed by atoms with Crippen molar-refractivity contribution in [2.45, 2.75) is 64.0 Å². The van der Waals surface area contributed by atoms with Gasteiger partial charge in [-0.15, -0.1) is 0 Å². The second-order valence-corrected chi connectivity index (χ2v) is 7.92. The molecule has 2 aliphatic rings. The molecule has 1 aromatic rings. The summed E-state index contributed by atoms with van der Waals surface area (Å²) < 4.78 is 10.7. The summed E-state index contributed by atoms with van der Waals surface area (Å²) in [5, 5.41) is 0. The van der Waals surface area contributed by atoms with Crippen LogP contribution in [0, 0.1) is 0 Å². The highest BCUT2D eigenvalue weighted by Gasteiger charge is 2.42. The second kappa shape index (κ2) is 10.6. The van der Waals surface area contributed by atoms with Gasteiger partial charge in [0.1, 0.15) is 18.3 Å². The van der Waals surface area contributed by atoms with Crippen LogP contribution >= 0.6 is 0 Å². The Morgan fingerprint density at radius 1 is 1.03 bits per heavy atom. The molecule has 0 aromatic heterocycles. The standard InChI is InChI=1S/C23H34N2O4/c1-3-29-16-8-15-24-21(26)17-25(19-9-6-4-5-7-10-19)23(27)22(24)18-11-13-20(28-2)14-12-18/h11-14,19,22H,3-10,15-17H2,1-2H3/t22-/m1/s1. The highest BCUT2D eigenvalue weighted by Crippen LogP contribution is 2.32. The fraction of sp³-hybridized carbons (Fsp3) is 0.652. The van der Waals surface area contributed by atoms with Crippen LogP contribution in [0.1, 0.15) is 63.5 Å². The summed E-state index contributed by atoms with van der Waals surface area (Å²) in [6.45, 7) is 3.94. The smallest absolute Gasteiger partial charge is 0.250 e. The highest BCUT2D eigenvalue weighted by atomic mass is 16.5. The lowest BCUT2D eigenvalue weighted by Crippen LogP contribution is -2.58. The Hall–Kier alpha value is -2.08. The fourth-order valence-electron chi connectivity index (χ4n) is 4.47. The largest absolute Gasteiger partial charge is 0.497 e. The maximum Gasteiger partial charge on any atom is 0.250 e. The molecule has 2 fully saturated rings. The number of nitrogens with zero attached hydrogens (tertiary/aromatic N) is 2. The molecule has 1 heterocycles. The maximum absolute atomic E-state index is 13.6. The summed E-state index contributed by atoms with van der Waals surface area (Å²) in [7, 11) is 1.62. The molecule has 1 atom stereocenters. The minimum absolute atomic E-state index is 0.0335. The number of carbonyl (C=O) groups excluding carboxylic acids is 2. The van der Waals surface area contributed by atoms with E-state index in [1.165, 1.54) is 12.8 Å². The number of amides is 2. The van der Waals surface area contributed by atoms with E-state index in [0.29, 0.717) is 19.8 Å². The van der Waals surface area contributed by atoms with Crippen molar-refractivity contribution in [2.75, 3.05) is 33.4 Å². The molecule has 6 nitrogen and oxygen atoms in total. The summed E-state index contributed by atoms with van der Waals surface area (Å²) in [6, 6.07) is 7.14. The fourth-order valence-corrected chi connectivity index (χ4v) is 4.47. The van der Waals surface area contributed by atoms with E-state index in [9.17, 15) is 9.59 Å². The van der Waals surface area contributed by atoms with Crippen LogP contribution in [0.5, 0.6) is 5.75 Å². The van der Waals surface area contributed by atoms with Gasteiger partial charge in [-0.1, -0.05) is 37.8 Å². The molecule has 1 aliphatic carbocycles. The molecular weight excluding hydrogens is 368 g/mol. The van der Waals surface area contributed by atoms with Crippen molar-refractivity contribution >= 4 is 11.8 Å². The Labute approximate surface area is 174 Å². The molecule has 0 N–H and O–H groups in total. The monoisotopic (exact) mass is 402 g/mol. The lowest BCUT2D eigenvalue weighted by molar-refractivity contribution is -0.159. The lowest BCUT2D eigenvalue weighted by atomic mass is 9.97. The first-order valence-electron chi connectivity index (χ1n) is 11.0. The normalized spacial score (nSPS) is 21.4. The maximum atomic E-state index is 13.6. The van der Waals surface area contributed by atoms with Gasteiger partial charge in [0.25, 0.3) is 5.91 Å². The van der Waals surface area contributed by atoms with E-state index in [4.69, 9.17) is 9.47 Å². The van der Waals surface area contributed by atoms with E-state index in [-0.39, 0.29) is 24.4 Å². The van der Waals surface area contributed by atoms with Crippen LogP contribution in [-0.4, -0.2) is 61.1 Å². The van der Waals surface area contributed by atoms with Crippen molar-refractivity contribution in [3.8, 4) is 5.75 Å². The molecule has 1 saturated heterocycles. The molecule has 0 radical (unpaired) electrons. The Kier molecular flexibility index (Phi) is 7.92. The number of piperazine rings is 1. The van der Waals surface area contributed by atoms with E-state index in [2.05, 4.69) is 0 Å². The minimum atomic E-state index is -0.563. The topological polar surface area (TPSA) is 59.1 Å². The molecule has 1 saturated carbocycles. The van der Waals surface area contributed by atoms with Crippen molar-refractivity contribution in [1.82, 2.24) is 9.80 Å². The molecule has 3 rings (SSSR count). The summed E-state index contributed by atoms with van der Waals surface area (Å²) in [5.74, 6) is 0.830. The van der Waals surface area contributed by atoms with E-state index in [0.717, 1.165) is 43.4 Å². The predicted octanol–water partition coefficient (Wildman–Crippen LogP) is 3.56. The van der Waals surface area contributed by atoms with Crippen LogP contribution < -0.4 is 4.74 Å². The SMILES string of the molecule is CCOCCCN1C(=O)CN(C2CCCCCC2)C(=O)[C@H]1c1ccc(OC)cc1. The predicted molar refractivity (Wildman–Crippen MR) is 112 cm³/mol. The van der Waals surface area contributed by atoms with Crippen molar-refractivity contribution < 1.29 is 19.1 Å². The number of rotatable bonds is 8. The van der Waals surface area contributed by atoms with Gasteiger partial charge in [-0.05, 0) is 43.9 Å². The number of benzene rings is 1. The number of ether oxygens (including phenoxy) is 2. The van der Waals surface area contributed by atoms with Gasteiger partial charge in [0.2, 0.25) is 5.91 Å². The van der Waals surface area contributed by atoms with E-state index < -0.39 is 6.04 Å². The summed E-state index contributed by atoms with van der Waals surface area (Å²) in [6.07, 6.45) is 7.43. The van der Waals surface area contributed by atoms with Crippen LogP contribution in [0.2, 0.25) is 0 Å². The number of hydrogen-bond acceptors (Lipinski definition) is 4. The summed E-state index contributed by atoms with van der Waals surface area (Å²) in [5.41, 5.74) is 0.846. The number of hydrogen-bond donors (Lipinski definition) is 0. The molecule has 6 heteroatoms. The minimum Gasteiger partial charge on any atom is -0.497 e. The van der Waals surface area contributed by atoms with Crippen LogP contribution in [0.25, 0.3) is 0 Å². The zero-order valence-electron chi connectivity index (χ0n) is 17.8. The second-order valence-electron chi connectivity index (χ2n) is 7.92. The molecule has 0 unspecified atom stereocenters. The van der Waals surface area contributed by atoms with Gasteiger partial charge >= 0.3 is 0 Å². The molecule has 0 spiro atoms. The molecular formula is C23H34N2O4. The third kappa shape index (κ3) is 5.30. The van der Waals surface area contributed by atoms with Gasteiger partial charge in [0.15, 0.2) is 0 Å². The average molecular weight is 403 g/mol. The first-order chi connectivity index (χ1) is 14.2. The third-order valence-corrected chi connectivity index (χ3v) is 6.04. The van der Waals surface area contributed by atoms with Crippen molar-refractivity contribution in [1.29, 1.82) is 0 Å². The molecule has 160 valence electrons. The Bertz CT molecular complexity index is 668. The molecule has 2 amide bonds. The van der Waals surface area contributed by atoms with Crippen LogP contribution in [-0.2, 0) is 14.3 Å². The first kappa shape index (κ1) is 21.6. The van der Waals surface area contributed by atoms with Gasteiger partial charge in [-0.2, -0.15) is 0 Å². The van der Waals surface area contributed by atoms with Crippen molar-refractivity contribution in [3.63, 3.8) is 0 Å². The van der Waals surface area contributed by atoms with Crippen LogP contribution in [0.3, 0.4) is 0 Å². The number of methoxy groups -OCH3 is 1. The van der Waals surface area contributed by atoms with Gasteiger partial charge < -0.3 is 19.3 Å². The van der Waals surface area contributed by atoms with Gasteiger partial charge in [0.05, 0.1) is 7.11 Å². The highest BCUT2D eigenvalue weighted by molar-refractivity contribution is 5.95.